The Morgan fingerprint density at radius 1 is 0.535 bits per heavy atom. The molecule has 0 amide bonds. The lowest BCUT2D eigenvalue weighted by molar-refractivity contribution is -0.104. The summed E-state index contributed by atoms with van der Waals surface area (Å²) in [6.07, 6.45) is 23.6. The Kier molecular flexibility index (Phi) is 25.7. The molecule has 0 heterocycles. The largest absolute Gasteiger partial charge is 0.382 e. The molecule has 5 heteroatoms. The second-order valence-corrected chi connectivity index (χ2v) is 11.5. The van der Waals surface area contributed by atoms with Crippen LogP contribution in [0.15, 0.2) is 69.9 Å². The standard InChI is InChI=1S/C38H62O5/c1-9-41-29-25-37(35(7)21-13-19-31(3)15-11-17-33(5)23-27-39)43-38(26-30-42-10-2)36(8)22-14-20-32(4)16-12-18-34(6)24-28-40/h15-16,21-24,27-28,37-38H,9-14,17-20,25-26,29-30H2,1-8H3. The van der Waals surface area contributed by atoms with E-state index in [1.165, 1.54) is 22.3 Å². The Bertz CT molecular complexity index is 871. The summed E-state index contributed by atoms with van der Waals surface area (Å²) in [5.74, 6) is 0. The lowest BCUT2D eigenvalue weighted by atomic mass is 10.0. The average Bonchev–Trinajstić information content (AvgIpc) is 2.96. The highest BCUT2D eigenvalue weighted by Crippen LogP contribution is 2.22. The molecule has 5 nitrogen and oxygen atoms in total. The molecule has 0 rings (SSSR count). The smallest absolute Gasteiger partial charge is 0.142 e. The monoisotopic (exact) mass is 598 g/mol. The van der Waals surface area contributed by atoms with E-state index in [-0.39, 0.29) is 12.2 Å². The van der Waals surface area contributed by atoms with Gasteiger partial charge in [-0.2, -0.15) is 0 Å². The quantitative estimate of drug-likeness (QED) is 0.0429. The fraction of sp³-hybridized carbons (Fsp3) is 0.632. The fourth-order valence-electron chi connectivity index (χ4n) is 4.69. The minimum atomic E-state index is -0.00812. The van der Waals surface area contributed by atoms with Crippen LogP contribution in [0.2, 0.25) is 0 Å². The van der Waals surface area contributed by atoms with E-state index in [0.717, 1.165) is 87.9 Å². The van der Waals surface area contributed by atoms with Crippen molar-refractivity contribution < 1.29 is 23.8 Å². The first-order chi connectivity index (χ1) is 20.7. The molecule has 244 valence electrons. The van der Waals surface area contributed by atoms with Crippen molar-refractivity contribution in [2.45, 2.75) is 132 Å². The number of rotatable bonds is 26. The Morgan fingerprint density at radius 2 is 0.884 bits per heavy atom. The molecule has 2 atom stereocenters. The van der Waals surface area contributed by atoms with E-state index in [1.54, 1.807) is 12.2 Å². The highest BCUT2D eigenvalue weighted by atomic mass is 16.5. The van der Waals surface area contributed by atoms with Crippen LogP contribution in [-0.4, -0.2) is 51.2 Å². The maximum atomic E-state index is 10.6. The summed E-state index contributed by atoms with van der Waals surface area (Å²) >= 11 is 0. The summed E-state index contributed by atoms with van der Waals surface area (Å²) in [6, 6.07) is 0. The third-order valence-corrected chi connectivity index (χ3v) is 7.58. The highest BCUT2D eigenvalue weighted by Gasteiger charge is 2.20. The molecule has 0 bridgehead atoms. The van der Waals surface area contributed by atoms with Crippen LogP contribution in [0.3, 0.4) is 0 Å². The third-order valence-electron chi connectivity index (χ3n) is 7.58. The Labute approximate surface area is 264 Å². The molecule has 0 fully saturated rings. The van der Waals surface area contributed by atoms with E-state index >= 15 is 0 Å². The first-order valence-electron chi connectivity index (χ1n) is 16.4. The van der Waals surface area contributed by atoms with Gasteiger partial charge in [0.05, 0.1) is 12.2 Å². The first-order valence-corrected chi connectivity index (χ1v) is 16.4. The third kappa shape index (κ3) is 22.8. The minimum absolute atomic E-state index is 0.00812. The van der Waals surface area contributed by atoms with Crippen molar-refractivity contribution in [2.24, 2.45) is 0 Å². The van der Waals surface area contributed by atoms with Crippen LogP contribution in [-0.2, 0) is 23.8 Å². The molecule has 0 aromatic carbocycles. The van der Waals surface area contributed by atoms with Gasteiger partial charge in [-0.25, -0.2) is 0 Å². The molecule has 0 saturated heterocycles. The van der Waals surface area contributed by atoms with Gasteiger partial charge in [0.1, 0.15) is 12.6 Å². The van der Waals surface area contributed by atoms with Crippen molar-refractivity contribution in [3.8, 4) is 0 Å². The molecule has 0 spiro atoms. The predicted octanol–water partition coefficient (Wildman–Crippen LogP) is 9.79. The van der Waals surface area contributed by atoms with Gasteiger partial charge in [0.25, 0.3) is 0 Å². The number of hydrogen-bond acceptors (Lipinski definition) is 5. The van der Waals surface area contributed by atoms with Gasteiger partial charge in [-0.3, -0.25) is 9.59 Å². The maximum absolute atomic E-state index is 10.6. The second kappa shape index (κ2) is 27.2. The van der Waals surface area contributed by atoms with E-state index in [2.05, 4.69) is 52.0 Å². The number of carbonyl (C=O) groups excluding carboxylic acids is 2. The zero-order valence-electron chi connectivity index (χ0n) is 28.7. The lowest BCUT2D eigenvalue weighted by Crippen LogP contribution is -2.27. The zero-order chi connectivity index (χ0) is 32.3. The summed E-state index contributed by atoms with van der Waals surface area (Å²) < 4.78 is 18.3. The van der Waals surface area contributed by atoms with Crippen molar-refractivity contribution in [3.63, 3.8) is 0 Å². The van der Waals surface area contributed by atoms with Crippen LogP contribution in [0, 0.1) is 0 Å². The van der Waals surface area contributed by atoms with Crippen LogP contribution in [0.4, 0.5) is 0 Å². The SMILES string of the molecule is CCOCCC(OC(CCOCC)C(C)=CCCC(C)=CCCC(C)=CC=O)C(C)=CCCC(C)=CCCC(C)=CC=O. The molecule has 0 radical (unpaired) electrons. The topological polar surface area (TPSA) is 61.8 Å². The van der Waals surface area contributed by atoms with Gasteiger partial charge in [0.15, 0.2) is 0 Å². The van der Waals surface area contributed by atoms with E-state index < -0.39 is 0 Å². The number of hydrogen-bond donors (Lipinski definition) is 0. The minimum Gasteiger partial charge on any atom is -0.382 e. The number of ether oxygens (including phenoxy) is 3. The molecule has 2 unspecified atom stereocenters. The van der Waals surface area contributed by atoms with E-state index in [1.807, 2.05) is 27.7 Å². The molecular formula is C38H62O5. The van der Waals surface area contributed by atoms with Gasteiger partial charge >= 0.3 is 0 Å². The van der Waals surface area contributed by atoms with Crippen LogP contribution in [0.25, 0.3) is 0 Å². The maximum Gasteiger partial charge on any atom is 0.142 e. The van der Waals surface area contributed by atoms with Gasteiger partial charge in [-0.15, -0.1) is 0 Å². The first kappa shape index (κ1) is 40.7. The molecule has 0 aromatic rings. The summed E-state index contributed by atoms with van der Waals surface area (Å²) in [5, 5.41) is 0. The molecule has 0 aromatic heterocycles. The van der Waals surface area contributed by atoms with E-state index in [0.29, 0.717) is 26.4 Å². The van der Waals surface area contributed by atoms with Gasteiger partial charge in [-0.05, 0) is 130 Å². The summed E-state index contributed by atoms with van der Waals surface area (Å²) in [5.41, 5.74) is 7.50. The van der Waals surface area contributed by atoms with Crippen LogP contribution >= 0.6 is 0 Å². The Hall–Kier alpha value is -2.34. The zero-order valence-corrected chi connectivity index (χ0v) is 28.7. The van der Waals surface area contributed by atoms with Gasteiger partial charge < -0.3 is 14.2 Å². The Morgan fingerprint density at radius 3 is 1.23 bits per heavy atom. The van der Waals surface area contributed by atoms with Gasteiger partial charge in [-0.1, -0.05) is 46.6 Å². The van der Waals surface area contributed by atoms with Crippen molar-refractivity contribution in [1.82, 2.24) is 0 Å². The van der Waals surface area contributed by atoms with Gasteiger partial charge in [0, 0.05) is 39.3 Å². The Balaban J connectivity index is 5.39. The van der Waals surface area contributed by atoms with Crippen molar-refractivity contribution >= 4 is 12.6 Å². The predicted molar refractivity (Wildman–Crippen MR) is 182 cm³/mol. The summed E-state index contributed by atoms with van der Waals surface area (Å²) in [4.78, 5) is 21.2. The second-order valence-electron chi connectivity index (χ2n) is 11.5. The molecule has 0 aliphatic heterocycles. The van der Waals surface area contributed by atoms with Crippen LogP contribution in [0.1, 0.15) is 120 Å². The molecule has 0 saturated carbocycles. The molecule has 43 heavy (non-hydrogen) atoms. The molecule has 0 aliphatic rings. The van der Waals surface area contributed by atoms with E-state index in [4.69, 9.17) is 14.2 Å². The number of allylic oxidation sites excluding steroid dienone is 10. The average molecular weight is 599 g/mol. The summed E-state index contributed by atoms with van der Waals surface area (Å²) in [6.45, 7) is 19.5. The van der Waals surface area contributed by atoms with Crippen molar-refractivity contribution in [2.75, 3.05) is 26.4 Å². The summed E-state index contributed by atoms with van der Waals surface area (Å²) in [7, 11) is 0. The number of aldehydes is 2. The highest BCUT2D eigenvalue weighted by molar-refractivity contribution is 5.66. The molecule has 0 N–H and O–H groups in total. The van der Waals surface area contributed by atoms with Crippen LogP contribution in [0.5, 0.6) is 0 Å². The molecule has 0 aliphatic carbocycles. The normalized spacial score (nSPS) is 15.5. The van der Waals surface area contributed by atoms with Crippen LogP contribution < -0.4 is 0 Å². The fourth-order valence-corrected chi connectivity index (χ4v) is 4.69. The lowest BCUT2D eigenvalue weighted by Gasteiger charge is -2.27. The van der Waals surface area contributed by atoms with Crippen molar-refractivity contribution in [1.29, 1.82) is 0 Å². The van der Waals surface area contributed by atoms with Gasteiger partial charge in [0.2, 0.25) is 0 Å². The van der Waals surface area contributed by atoms with Crippen molar-refractivity contribution in [3.05, 3.63) is 69.9 Å². The number of carbonyl (C=O) groups is 2. The molecular weight excluding hydrogens is 536 g/mol. The van der Waals surface area contributed by atoms with E-state index in [9.17, 15) is 9.59 Å².